The van der Waals surface area contributed by atoms with Gasteiger partial charge in [0.15, 0.2) is 5.70 Å². The number of non-ortho nitro benzene ring substituents is 1. The molecule has 0 saturated heterocycles. The highest BCUT2D eigenvalue weighted by molar-refractivity contribution is 6.37. The third kappa shape index (κ3) is 5.81. The minimum atomic E-state index is -0.690. The molecule has 0 atom stereocenters. The van der Waals surface area contributed by atoms with Crippen molar-refractivity contribution in [2.24, 2.45) is 4.99 Å². The van der Waals surface area contributed by atoms with Gasteiger partial charge >= 0.3 is 11.9 Å². The van der Waals surface area contributed by atoms with Gasteiger partial charge in [-0.3, -0.25) is 10.1 Å². The molecule has 0 aromatic heterocycles. The van der Waals surface area contributed by atoms with Gasteiger partial charge in [-0.1, -0.05) is 41.4 Å². The van der Waals surface area contributed by atoms with Crippen molar-refractivity contribution in [1.82, 2.24) is 0 Å². The van der Waals surface area contributed by atoms with Crippen LogP contribution in [-0.4, -0.2) is 22.8 Å². The van der Waals surface area contributed by atoms with E-state index >= 15 is 0 Å². The Bertz CT molecular complexity index is 1430. The van der Waals surface area contributed by atoms with Gasteiger partial charge in [0.2, 0.25) is 5.90 Å². The van der Waals surface area contributed by atoms with Crippen molar-refractivity contribution in [3.63, 3.8) is 0 Å². The molecule has 0 spiro atoms. The van der Waals surface area contributed by atoms with Gasteiger partial charge in [0, 0.05) is 28.8 Å². The molecule has 0 saturated carbocycles. The van der Waals surface area contributed by atoms with Crippen LogP contribution in [0.5, 0.6) is 5.75 Å². The number of aliphatic imine (C=N–C) groups is 1. The Hall–Kier alpha value is -4.27. The van der Waals surface area contributed by atoms with E-state index in [2.05, 4.69) is 4.99 Å². The van der Waals surface area contributed by atoms with E-state index in [4.69, 9.17) is 32.7 Å². The van der Waals surface area contributed by atoms with Crippen molar-refractivity contribution in [3.05, 3.63) is 115 Å². The Morgan fingerprint density at radius 1 is 1.06 bits per heavy atom. The van der Waals surface area contributed by atoms with Gasteiger partial charge in [0.25, 0.3) is 5.69 Å². The van der Waals surface area contributed by atoms with E-state index < -0.39 is 16.9 Å². The number of benzene rings is 3. The number of carbonyl (C=O) groups excluding carboxylic acids is 2. The lowest BCUT2D eigenvalue weighted by atomic mass is 10.1. The molecule has 1 aliphatic rings. The normalized spacial score (nSPS) is 14.2. The molecule has 0 N–H and O–H groups in total. The highest BCUT2D eigenvalue weighted by atomic mass is 35.5. The van der Waals surface area contributed by atoms with Crippen LogP contribution in [0.4, 0.5) is 5.69 Å². The molecule has 35 heavy (non-hydrogen) atoms. The van der Waals surface area contributed by atoms with Gasteiger partial charge in [-0.2, -0.15) is 0 Å². The molecule has 0 unspecified atom stereocenters. The maximum atomic E-state index is 12.4. The summed E-state index contributed by atoms with van der Waals surface area (Å²) in [7, 11) is 0. The number of halogens is 2. The van der Waals surface area contributed by atoms with Crippen LogP contribution in [0.25, 0.3) is 12.2 Å². The van der Waals surface area contributed by atoms with Crippen LogP contribution < -0.4 is 4.74 Å². The van der Waals surface area contributed by atoms with E-state index in [-0.39, 0.29) is 28.1 Å². The molecule has 0 radical (unpaired) electrons. The van der Waals surface area contributed by atoms with Crippen LogP contribution in [0.2, 0.25) is 10.0 Å². The van der Waals surface area contributed by atoms with E-state index in [1.54, 1.807) is 36.4 Å². The molecule has 0 amide bonds. The average Bonchev–Trinajstić information content (AvgIpc) is 3.19. The fraction of sp³-hybridized carbons (Fsp3) is 0. The summed E-state index contributed by atoms with van der Waals surface area (Å²) >= 11 is 12.1. The SMILES string of the molecule is O=C(/C=C/c1ccc([N+](=O)[O-])cc1)Oc1ccccc1/C=C1\N=C(c2ccc(Cl)cc2Cl)OC1=O. The molecule has 3 aromatic carbocycles. The predicted molar refractivity (Wildman–Crippen MR) is 131 cm³/mol. The number of para-hydroxylation sites is 1. The lowest BCUT2D eigenvalue weighted by molar-refractivity contribution is -0.384. The first-order valence-electron chi connectivity index (χ1n) is 10.0. The monoisotopic (exact) mass is 508 g/mol. The number of hydrogen-bond donors (Lipinski definition) is 0. The number of nitrogens with zero attached hydrogens (tertiary/aromatic N) is 2. The summed E-state index contributed by atoms with van der Waals surface area (Å²) in [4.78, 5) is 39.1. The fourth-order valence-electron chi connectivity index (χ4n) is 3.04. The smallest absolute Gasteiger partial charge is 0.363 e. The third-order valence-corrected chi connectivity index (χ3v) is 5.27. The first kappa shape index (κ1) is 23.9. The zero-order valence-electron chi connectivity index (χ0n) is 17.7. The summed E-state index contributed by atoms with van der Waals surface area (Å²) < 4.78 is 10.6. The molecule has 1 aliphatic heterocycles. The number of ether oxygens (including phenoxy) is 2. The standard InChI is InChI=1S/C25H14Cl2N2O6/c26-17-8-11-19(20(27)14-17)24-28-21(25(31)35-24)13-16-3-1-2-4-22(16)34-23(30)12-7-15-5-9-18(10-6-15)29(32)33/h1-14H/b12-7+,21-13-. The van der Waals surface area contributed by atoms with Crippen LogP contribution in [0.15, 0.2) is 83.5 Å². The highest BCUT2D eigenvalue weighted by Crippen LogP contribution is 2.28. The van der Waals surface area contributed by atoms with Crippen LogP contribution in [0.3, 0.4) is 0 Å². The Labute approximate surface area is 208 Å². The molecule has 174 valence electrons. The Kier molecular flexibility index (Phi) is 7.05. The van der Waals surface area contributed by atoms with E-state index in [0.717, 1.165) is 0 Å². The number of nitro groups is 1. The first-order chi connectivity index (χ1) is 16.8. The largest absolute Gasteiger partial charge is 0.423 e. The molecular weight excluding hydrogens is 495 g/mol. The molecule has 0 aliphatic carbocycles. The maximum Gasteiger partial charge on any atom is 0.363 e. The summed E-state index contributed by atoms with van der Waals surface area (Å²) in [5.74, 6) is -1.15. The van der Waals surface area contributed by atoms with Crippen LogP contribution in [0, 0.1) is 10.1 Å². The van der Waals surface area contributed by atoms with Crippen molar-refractivity contribution in [1.29, 1.82) is 0 Å². The summed E-state index contributed by atoms with van der Waals surface area (Å²) in [6.07, 6.45) is 4.09. The third-order valence-electron chi connectivity index (χ3n) is 4.72. The molecule has 8 nitrogen and oxygen atoms in total. The Morgan fingerprint density at radius 3 is 2.51 bits per heavy atom. The average molecular weight is 509 g/mol. The fourth-order valence-corrected chi connectivity index (χ4v) is 3.53. The van der Waals surface area contributed by atoms with Crippen molar-refractivity contribution in [2.45, 2.75) is 0 Å². The molecule has 1 heterocycles. The Balaban J connectivity index is 1.53. The number of hydrogen-bond acceptors (Lipinski definition) is 7. The van der Waals surface area contributed by atoms with Crippen molar-refractivity contribution < 1.29 is 24.0 Å². The quantitative estimate of drug-likeness (QED) is 0.135. The van der Waals surface area contributed by atoms with Crippen molar-refractivity contribution >= 4 is 58.9 Å². The predicted octanol–water partition coefficient (Wildman–Crippen LogP) is 5.86. The number of esters is 2. The number of cyclic esters (lactones) is 1. The van der Waals surface area contributed by atoms with Crippen LogP contribution in [0.1, 0.15) is 16.7 Å². The van der Waals surface area contributed by atoms with E-state index in [0.29, 0.717) is 21.7 Å². The molecule has 4 rings (SSSR count). The van der Waals surface area contributed by atoms with E-state index in [9.17, 15) is 19.7 Å². The number of carbonyl (C=O) groups is 2. The second-order valence-electron chi connectivity index (χ2n) is 7.10. The van der Waals surface area contributed by atoms with E-state index in [1.165, 1.54) is 48.6 Å². The van der Waals surface area contributed by atoms with Gasteiger partial charge in [0.1, 0.15) is 5.75 Å². The summed E-state index contributed by atoms with van der Waals surface area (Å²) in [5.41, 5.74) is 1.35. The van der Waals surface area contributed by atoms with Crippen molar-refractivity contribution in [2.75, 3.05) is 0 Å². The van der Waals surface area contributed by atoms with Gasteiger partial charge in [0.05, 0.1) is 15.5 Å². The Morgan fingerprint density at radius 2 is 1.80 bits per heavy atom. The number of nitro benzene ring substituents is 1. The van der Waals surface area contributed by atoms with Crippen molar-refractivity contribution in [3.8, 4) is 5.75 Å². The zero-order valence-corrected chi connectivity index (χ0v) is 19.2. The van der Waals surface area contributed by atoms with E-state index in [1.807, 2.05) is 0 Å². The summed E-state index contributed by atoms with van der Waals surface area (Å²) in [6, 6.07) is 17.0. The molecule has 3 aromatic rings. The minimum absolute atomic E-state index is 0.00376. The summed E-state index contributed by atoms with van der Waals surface area (Å²) in [6.45, 7) is 0. The van der Waals surface area contributed by atoms with Gasteiger partial charge in [-0.25, -0.2) is 14.6 Å². The van der Waals surface area contributed by atoms with Gasteiger partial charge in [-0.05, 0) is 54.1 Å². The second kappa shape index (κ2) is 10.3. The lowest BCUT2D eigenvalue weighted by Crippen LogP contribution is -2.06. The molecule has 10 heteroatoms. The summed E-state index contributed by atoms with van der Waals surface area (Å²) in [5, 5.41) is 11.4. The first-order valence-corrected chi connectivity index (χ1v) is 10.8. The lowest BCUT2D eigenvalue weighted by Gasteiger charge is -2.05. The molecule has 0 bridgehead atoms. The van der Waals surface area contributed by atoms with Crippen LogP contribution in [-0.2, 0) is 14.3 Å². The molecule has 0 fully saturated rings. The minimum Gasteiger partial charge on any atom is -0.423 e. The van der Waals surface area contributed by atoms with Crippen LogP contribution >= 0.6 is 23.2 Å². The topological polar surface area (TPSA) is 108 Å². The van der Waals surface area contributed by atoms with Gasteiger partial charge < -0.3 is 9.47 Å². The maximum absolute atomic E-state index is 12.4. The number of rotatable bonds is 6. The molecular formula is C25H14Cl2N2O6. The zero-order chi connectivity index (χ0) is 24.9. The highest BCUT2D eigenvalue weighted by Gasteiger charge is 2.26. The second-order valence-corrected chi connectivity index (χ2v) is 7.94. The van der Waals surface area contributed by atoms with Gasteiger partial charge in [-0.15, -0.1) is 0 Å².